The van der Waals surface area contributed by atoms with Crippen molar-refractivity contribution < 1.29 is 12.8 Å². The number of benzene rings is 3. The van der Waals surface area contributed by atoms with Crippen LogP contribution < -0.4 is 4.46 Å². The van der Waals surface area contributed by atoms with Crippen LogP contribution in [0.4, 0.5) is 0 Å². The van der Waals surface area contributed by atoms with Crippen molar-refractivity contribution in [2.45, 2.75) is 36.0 Å². The van der Waals surface area contributed by atoms with Gasteiger partial charge in [-0.25, -0.2) is 0 Å². The Hall–Kier alpha value is -2.63. The predicted octanol–water partition coefficient (Wildman–Crippen LogP) is 5.40. The van der Waals surface area contributed by atoms with Gasteiger partial charge in [0.15, 0.2) is 0 Å². The van der Waals surface area contributed by atoms with Gasteiger partial charge in [-0.05, 0) is 0 Å². The number of aryl methyl sites for hydroxylation is 2. The number of furan rings is 1. The van der Waals surface area contributed by atoms with Crippen molar-refractivity contribution >= 4 is 29.4 Å². The summed E-state index contributed by atoms with van der Waals surface area (Å²) in [6, 6.07) is 30.9. The van der Waals surface area contributed by atoms with Gasteiger partial charge >= 0.3 is 209 Å². The van der Waals surface area contributed by atoms with Crippen LogP contribution in [0.1, 0.15) is 29.3 Å². The van der Waals surface area contributed by atoms with E-state index >= 15 is 0 Å². The van der Waals surface area contributed by atoms with Crippen molar-refractivity contribution in [1.29, 1.82) is 0 Å². The van der Waals surface area contributed by atoms with E-state index in [2.05, 4.69) is 24.3 Å². The summed E-state index contributed by atoms with van der Waals surface area (Å²) >= 11 is 0.176. The molecule has 0 fully saturated rings. The zero-order valence-corrected chi connectivity index (χ0v) is 21.7. The summed E-state index contributed by atoms with van der Waals surface area (Å²) in [5.74, 6) is 0.679. The Balaban J connectivity index is 1.64. The molecule has 4 rings (SSSR count). The van der Waals surface area contributed by atoms with E-state index in [0.29, 0.717) is 23.6 Å². The van der Waals surface area contributed by atoms with Crippen LogP contribution in [0.5, 0.6) is 0 Å². The topological polar surface area (TPSA) is 50.5 Å². The van der Waals surface area contributed by atoms with Gasteiger partial charge in [-0.1, -0.05) is 0 Å². The van der Waals surface area contributed by atoms with E-state index in [4.69, 9.17) is 4.42 Å². The molecule has 0 aliphatic carbocycles. The van der Waals surface area contributed by atoms with E-state index in [0.717, 1.165) is 17.3 Å². The van der Waals surface area contributed by atoms with Crippen LogP contribution in [0.15, 0.2) is 113 Å². The Morgan fingerprint density at radius 3 is 2.18 bits per heavy atom. The molecular formula is C28H29NO3SSe. The minimum absolute atomic E-state index is 0.176. The molecule has 0 radical (unpaired) electrons. The number of sulfonamides is 1. The first-order chi connectivity index (χ1) is 16.5. The van der Waals surface area contributed by atoms with Crippen molar-refractivity contribution in [2.24, 2.45) is 0 Å². The molecule has 0 aliphatic heterocycles. The third-order valence-corrected chi connectivity index (χ3v) is 9.72. The zero-order chi connectivity index (χ0) is 23.8. The Labute approximate surface area is 208 Å². The summed E-state index contributed by atoms with van der Waals surface area (Å²) in [5.41, 5.74) is 2.21. The van der Waals surface area contributed by atoms with Crippen molar-refractivity contribution in [3.05, 3.63) is 120 Å². The van der Waals surface area contributed by atoms with E-state index in [1.54, 1.807) is 22.7 Å². The number of hydrogen-bond acceptors (Lipinski definition) is 3. The molecule has 0 bridgehead atoms. The van der Waals surface area contributed by atoms with Gasteiger partial charge in [-0.2, -0.15) is 0 Å². The van der Waals surface area contributed by atoms with Crippen LogP contribution in [-0.2, 0) is 16.4 Å². The Kier molecular flexibility index (Phi) is 8.41. The molecule has 0 aliphatic rings. The first-order valence-electron chi connectivity index (χ1n) is 11.4. The molecule has 0 saturated carbocycles. The second kappa shape index (κ2) is 11.7. The van der Waals surface area contributed by atoms with E-state index in [1.165, 1.54) is 10.0 Å². The molecule has 176 valence electrons. The van der Waals surface area contributed by atoms with Gasteiger partial charge in [-0.3, -0.25) is 0 Å². The summed E-state index contributed by atoms with van der Waals surface area (Å²) in [7, 11) is -3.72. The average molecular weight is 539 g/mol. The van der Waals surface area contributed by atoms with E-state index in [-0.39, 0.29) is 21.0 Å². The number of nitrogens with zero attached hydrogens (tertiary/aromatic N) is 1. The van der Waals surface area contributed by atoms with Gasteiger partial charge in [0, 0.05) is 0 Å². The van der Waals surface area contributed by atoms with Crippen LogP contribution >= 0.6 is 0 Å². The average Bonchev–Trinajstić information content (AvgIpc) is 3.39. The summed E-state index contributed by atoms with van der Waals surface area (Å²) in [6.07, 6.45) is 3.02. The quantitative estimate of drug-likeness (QED) is 0.240. The Morgan fingerprint density at radius 2 is 1.53 bits per heavy atom. The number of hydrogen-bond donors (Lipinski definition) is 0. The Bertz CT molecular complexity index is 1240. The molecule has 3 aromatic carbocycles. The van der Waals surface area contributed by atoms with Gasteiger partial charge in [-0.15, -0.1) is 0 Å². The fourth-order valence-corrected chi connectivity index (χ4v) is 7.64. The van der Waals surface area contributed by atoms with Crippen molar-refractivity contribution in [1.82, 2.24) is 4.31 Å². The standard InChI is InChI=1S/C28H29NO3SSe/c1-23-14-17-25(18-15-23)33(30,31)29(20-22-34-26-11-6-3-7-12-26)27(28-13-8-21-32-28)19-16-24-9-4-2-5-10-24/h2-15,17-18,21,27H,16,19-20,22H2,1H3/t27-/m1/s1. The van der Waals surface area contributed by atoms with E-state index in [9.17, 15) is 8.42 Å². The second-order valence-electron chi connectivity index (χ2n) is 8.15. The van der Waals surface area contributed by atoms with Gasteiger partial charge in [0.1, 0.15) is 0 Å². The molecule has 0 amide bonds. The number of rotatable bonds is 11. The third-order valence-electron chi connectivity index (χ3n) is 5.72. The minimum atomic E-state index is -3.72. The van der Waals surface area contributed by atoms with Crippen LogP contribution in [0, 0.1) is 6.92 Å². The van der Waals surface area contributed by atoms with Gasteiger partial charge < -0.3 is 0 Å². The van der Waals surface area contributed by atoms with Crippen molar-refractivity contribution in [2.75, 3.05) is 6.54 Å². The summed E-state index contributed by atoms with van der Waals surface area (Å²) in [6.45, 7) is 2.40. The van der Waals surface area contributed by atoms with Crippen molar-refractivity contribution in [3.63, 3.8) is 0 Å². The second-order valence-corrected chi connectivity index (χ2v) is 12.5. The zero-order valence-electron chi connectivity index (χ0n) is 19.2. The first-order valence-corrected chi connectivity index (χ1v) is 14.9. The molecule has 34 heavy (non-hydrogen) atoms. The van der Waals surface area contributed by atoms with Gasteiger partial charge in [0.05, 0.1) is 0 Å². The molecule has 1 atom stereocenters. The predicted molar refractivity (Wildman–Crippen MR) is 138 cm³/mol. The maximum absolute atomic E-state index is 13.9. The maximum atomic E-state index is 13.9. The molecule has 0 saturated heterocycles. The fourth-order valence-electron chi connectivity index (χ4n) is 3.92. The van der Waals surface area contributed by atoms with E-state index < -0.39 is 10.0 Å². The molecule has 0 spiro atoms. The molecule has 0 unspecified atom stereocenters. The molecule has 6 heteroatoms. The molecular weight excluding hydrogens is 509 g/mol. The first kappa shape index (κ1) is 24.5. The van der Waals surface area contributed by atoms with Crippen LogP contribution in [-0.4, -0.2) is 34.2 Å². The molecule has 1 aromatic heterocycles. The SMILES string of the molecule is Cc1ccc(S(=O)(=O)N(CC[Se]c2ccccc2)[C@H](CCc2ccccc2)c2ccco2)cc1. The van der Waals surface area contributed by atoms with Crippen molar-refractivity contribution in [3.8, 4) is 0 Å². The normalized spacial score (nSPS) is 12.6. The van der Waals surface area contributed by atoms with Crippen LogP contribution in [0.3, 0.4) is 0 Å². The molecule has 1 heterocycles. The van der Waals surface area contributed by atoms with Gasteiger partial charge in [0.25, 0.3) is 0 Å². The summed E-state index contributed by atoms with van der Waals surface area (Å²) in [5, 5.41) is 0.782. The molecule has 4 nitrogen and oxygen atoms in total. The monoisotopic (exact) mass is 539 g/mol. The summed E-state index contributed by atoms with van der Waals surface area (Å²) in [4.78, 5) is 0.321. The molecule has 4 aromatic rings. The fraction of sp³-hybridized carbons (Fsp3) is 0.214. The summed E-state index contributed by atoms with van der Waals surface area (Å²) < 4.78 is 36.6. The van der Waals surface area contributed by atoms with Gasteiger partial charge in [0.2, 0.25) is 0 Å². The third kappa shape index (κ3) is 6.28. The Morgan fingerprint density at radius 1 is 0.853 bits per heavy atom. The molecule has 0 N–H and O–H groups in total. The van der Waals surface area contributed by atoms with Crippen LogP contribution in [0.2, 0.25) is 5.32 Å². The van der Waals surface area contributed by atoms with Crippen LogP contribution in [0.25, 0.3) is 0 Å². The van der Waals surface area contributed by atoms with E-state index in [1.807, 2.05) is 67.6 Å².